The number of rotatable bonds is 0. The number of phenolic OH excluding ortho intramolecular Hbond substituents is 2. The summed E-state index contributed by atoms with van der Waals surface area (Å²) in [5.41, 5.74) is 0. The lowest BCUT2D eigenvalue weighted by Crippen LogP contribution is -1.61. The SMILES string of the molecule is C1=CO1.Oc1ccc(O)cc1. The first-order valence-corrected chi connectivity index (χ1v) is 3.07. The molecular weight excluding hydrogens is 144 g/mol. The molecule has 1 heterocycles. The fraction of sp³-hybridized carbons (Fsp3) is 0. The molecule has 0 aliphatic carbocycles. The van der Waals surface area contributed by atoms with Crippen LogP contribution >= 0.6 is 0 Å². The highest BCUT2D eigenvalue weighted by molar-refractivity contribution is 5.28. The monoisotopic (exact) mass is 152 g/mol. The highest BCUT2D eigenvalue weighted by atomic mass is 16.5. The Morgan fingerprint density at radius 3 is 1.27 bits per heavy atom. The van der Waals surface area contributed by atoms with E-state index in [-0.39, 0.29) is 11.5 Å². The second-order valence-corrected chi connectivity index (χ2v) is 1.92. The first kappa shape index (κ1) is 7.47. The average molecular weight is 152 g/mol. The maximum Gasteiger partial charge on any atom is 0.125 e. The lowest BCUT2D eigenvalue weighted by Gasteiger charge is -1.88. The van der Waals surface area contributed by atoms with Crippen molar-refractivity contribution in [3.63, 3.8) is 0 Å². The molecule has 0 unspecified atom stereocenters. The maximum absolute atomic E-state index is 8.65. The van der Waals surface area contributed by atoms with Crippen molar-refractivity contribution in [1.29, 1.82) is 0 Å². The summed E-state index contributed by atoms with van der Waals surface area (Å²) < 4.78 is 4.25. The topological polar surface area (TPSA) is 53.0 Å². The third-order valence-corrected chi connectivity index (χ3v) is 0.986. The van der Waals surface area contributed by atoms with Gasteiger partial charge >= 0.3 is 0 Å². The molecule has 0 aromatic heterocycles. The van der Waals surface area contributed by atoms with Gasteiger partial charge in [0.15, 0.2) is 0 Å². The zero-order valence-electron chi connectivity index (χ0n) is 5.77. The van der Waals surface area contributed by atoms with Crippen LogP contribution in [0.4, 0.5) is 0 Å². The van der Waals surface area contributed by atoms with Crippen LogP contribution in [-0.2, 0) is 4.74 Å². The molecule has 0 radical (unpaired) electrons. The van der Waals surface area contributed by atoms with E-state index in [4.69, 9.17) is 10.2 Å². The van der Waals surface area contributed by atoms with E-state index in [1.54, 1.807) is 12.5 Å². The van der Waals surface area contributed by atoms with Crippen molar-refractivity contribution in [2.75, 3.05) is 0 Å². The Bertz CT molecular complexity index is 213. The first-order chi connectivity index (χ1) is 5.29. The summed E-state index contributed by atoms with van der Waals surface area (Å²) in [5, 5.41) is 17.3. The smallest absolute Gasteiger partial charge is 0.125 e. The van der Waals surface area contributed by atoms with Gasteiger partial charge in [-0.1, -0.05) is 0 Å². The summed E-state index contributed by atoms with van der Waals surface area (Å²) in [6.45, 7) is 0. The molecule has 0 fully saturated rings. The Kier molecular flexibility index (Phi) is 2.38. The maximum atomic E-state index is 8.65. The van der Waals surface area contributed by atoms with Gasteiger partial charge in [-0.25, -0.2) is 0 Å². The van der Waals surface area contributed by atoms with E-state index in [1.807, 2.05) is 0 Å². The van der Waals surface area contributed by atoms with E-state index in [1.165, 1.54) is 24.3 Å². The summed E-state index contributed by atoms with van der Waals surface area (Å²) in [5.74, 6) is 0.339. The van der Waals surface area contributed by atoms with E-state index in [2.05, 4.69) is 4.74 Å². The number of phenols is 2. The van der Waals surface area contributed by atoms with E-state index in [0.717, 1.165) is 0 Å². The van der Waals surface area contributed by atoms with Gasteiger partial charge in [0, 0.05) is 0 Å². The van der Waals surface area contributed by atoms with Crippen molar-refractivity contribution in [3.05, 3.63) is 36.8 Å². The van der Waals surface area contributed by atoms with Gasteiger partial charge < -0.3 is 14.9 Å². The molecule has 11 heavy (non-hydrogen) atoms. The van der Waals surface area contributed by atoms with Crippen LogP contribution < -0.4 is 0 Å². The Morgan fingerprint density at radius 1 is 0.818 bits per heavy atom. The van der Waals surface area contributed by atoms with Gasteiger partial charge in [0.05, 0.1) is 0 Å². The Morgan fingerprint density at radius 2 is 1.09 bits per heavy atom. The number of benzene rings is 1. The van der Waals surface area contributed by atoms with Crippen molar-refractivity contribution >= 4 is 0 Å². The minimum Gasteiger partial charge on any atom is -0.508 e. The van der Waals surface area contributed by atoms with Gasteiger partial charge in [-0.2, -0.15) is 0 Å². The van der Waals surface area contributed by atoms with Gasteiger partial charge in [-0.3, -0.25) is 0 Å². The lowest BCUT2D eigenvalue weighted by molar-refractivity contribution is 0.460. The molecule has 2 rings (SSSR count). The lowest BCUT2D eigenvalue weighted by atomic mass is 10.3. The van der Waals surface area contributed by atoms with E-state index >= 15 is 0 Å². The van der Waals surface area contributed by atoms with Crippen LogP contribution in [0.1, 0.15) is 0 Å². The van der Waals surface area contributed by atoms with E-state index in [0.29, 0.717) is 0 Å². The van der Waals surface area contributed by atoms with Gasteiger partial charge in [0.2, 0.25) is 0 Å². The molecule has 0 saturated heterocycles. The fourth-order valence-corrected chi connectivity index (χ4v) is 0.453. The number of hydrogen-bond donors (Lipinski definition) is 2. The Hall–Kier alpha value is -1.64. The van der Waals surface area contributed by atoms with Crippen LogP contribution in [0.3, 0.4) is 0 Å². The minimum absolute atomic E-state index is 0.169. The number of ether oxygens (including phenoxy) is 1. The summed E-state index contributed by atoms with van der Waals surface area (Å²) in [6.07, 6.45) is 3.25. The molecule has 58 valence electrons. The van der Waals surface area contributed by atoms with Gasteiger partial charge in [-0.15, -0.1) is 0 Å². The molecule has 3 nitrogen and oxygen atoms in total. The van der Waals surface area contributed by atoms with Crippen LogP contribution in [0.15, 0.2) is 36.8 Å². The molecule has 0 bridgehead atoms. The quantitative estimate of drug-likeness (QED) is 0.555. The molecule has 0 saturated carbocycles. The predicted octanol–water partition coefficient (Wildman–Crippen LogP) is 1.59. The second kappa shape index (κ2) is 3.51. The molecule has 1 aliphatic heterocycles. The summed E-state index contributed by atoms with van der Waals surface area (Å²) in [6, 6.07) is 5.70. The van der Waals surface area contributed by atoms with Crippen LogP contribution in [0.5, 0.6) is 11.5 Å². The molecule has 2 N–H and O–H groups in total. The van der Waals surface area contributed by atoms with E-state index in [9.17, 15) is 0 Å². The van der Waals surface area contributed by atoms with Crippen molar-refractivity contribution in [3.8, 4) is 11.5 Å². The minimum atomic E-state index is 0.169. The third-order valence-electron chi connectivity index (χ3n) is 0.986. The van der Waals surface area contributed by atoms with Gasteiger partial charge in [0.25, 0.3) is 0 Å². The van der Waals surface area contributed by atoms with Crippen molar-refractivity contribution in [1.82, 2.24) is 0 Å². The molecule has 0 spiro atoms. The third kappa shape index (κ3) is 3.86. The molecule has 1 aliphatic rings. The van der Waals surface area contributed by atoms with Crippen LogP contribution in [0.25, 0.3) is 0 Å². The fourth-order valence-electron chi connectivity index (χ4n) is 0.453. The molecule has 0 atom stereocenters. The average Bonchev–Trinajstić information content (AvgIpc) is 2.80. The second-order valence-electron chi connectivity index (χ2n) is 1.92. The molecule has 1 aromatic rings. The normalized spacial score (nSPS) is 10.9. The highest BCUT2D eigenvalue weighted by Crippen LogP contribution is 2.13. The van der Waals surface area contributed by atoms with Crippen LogP contribution in [0, 0.1) is 0 Å². The van der Waals surface area contributed by atoms with Gasteiger partial charge in [-0.05, 0) is 24.3 Å². The number of aromatic hydroxyl groups is 2. The molecule has 3 heteroatoms. The van der Waals surface area contributed by atoms with E-state index < -0.39 is 0 Å². The number of hydrogen-bond acceptors (Lipinski definition) is 3. The first-order valence-electron chi connectivity index (χ1n) is 3.07. The standard InChI is InChI=1S/C6H6O2.C2H2O/c7-5-1-2-6(8)4-3-5;1-2-3-1/h1-4,7-8H;1-2H. The Balaban J connectivity index is 0.000000167. The van der Waals surface area contributed by atoms with Gasteiger partial charge in [0.1, 0.15) is 24.0 Å². The highest BCUT2D eigenvalue weighted by Gasteiger charge is 1.84. The largest absolute Gasteiger partial charge is 0.508 e. The van der Waals surface area contributed by atoms with Crippen molar-refractivity contribution < 1.29 is 14.9 Å². The van der Waals surface area contributed by atoms with Crippen molar-refractivity contribution in [2.45, 2.75) is 0 Å². The molecule has 1 aromatic carbocycles. The summed E-state index contributed by atoms with van der Waals surface area (Å²) in [7, 11) is 0. The molecule has 0 amide bonds. The van der Waals surface area contributed by atoms with Crippen molar-refractivity contribution in [2.24, 2.45) is 0 Å². The zero-order chi connectivity index (χ0) is 8.10. The summed E-state index contributed by atoms with van der Waals surface area (Å²) >= 11 is 0. The zero-order valence-corrected chi connectivity index (χ0v) is 5.77. The predicted molar refractivity (Wildman–Crippen MR) is 40.0 cm³/mol. The van der Waals surface area contributed by atoms with Crippen LogP contribution in [-0.4, -0.2) is 10.2 Å². The Labute approximate surface area is 64.2 Å². The summed E-state index contributed by atoms with van der Waals surface area (Å²) in [4.78, 5) is 0. The molecular formula is C8H8O3. The van der Waals surface area contributed by atoms with Crippen LogP contribution in [0.2, 0.25) is 0 Å².